The average molecular weight is 221 g/mol. The first-order chi connectivity index (χ1) is 7.54. The summed E-state index contributed by atoms with van der Waals surface area (Å²) in [4.78, 5) is 23.3. The van der Waals surface area contributed by atoms with Crippen LogP contribution in [0.3, 0.4) is 0 Å². The van der Waals surface area contributed by atoms with E-state index in [0.717, 1.165) is 11.8 Å². The van der Waals surface area contributed by atoms with Crippen LogP contribution in [0.4, 0.5) is 0 Å². The number of likely N-dealkylation sites (N-methyl/N-ethyl adjacent to an activating group) is 1. The first-order valence-corrected chi connectivity index (χ1v) is 4.93. The minimum atomic E-state index is -0.0983. The quantitative estimate of drug-likeness (QED) is 0.719. The van der Waals surface area contributed by atoms with E-state index in [9.17, 15) is 9.59 Å². The molecular formula is C12H15NO3. The fourth-order valence-corrected chi connectivity index (χ4v) is 1.18. The van der Waals surface area contributed by atoms with Gasteiger partial charge in [0, 0.05) is 19.7 Å². The third-order valence-electron chi connectivity index (χ3n) is 2.19. The van der Waals surface area contributed by atoms with Gasteiger partial charge in [-0.1, -0.05) is 0 Å². The second-order valence-electron chi connectivity index (χ2n) is 3.72. The van der Waals surface area contributed by atoms with Gasteiger partial charge < -0.3 is 9.64 Å². The van der Waals surface area contributed by atoms with Crippen LogP contribution in [0.25, 0.3) is 0 Å². The zero-order chi connectivity index (χ0) is 12.1. The lowest BCUT2D eigenvalue weighted by Crippen LogP contribution is -2.27. The van der Waals surface area contributed by atoms with Crippen LogP contribution >= 0.6 is 0 Å². The molecular weight excluding hydrogens is 206 g/mol. The number of benzene rings is 1. The van der Waals surface area contributed by atoms with Crippen LogP contribution < -0.4 is 4.74 Å². The molecule has 16 heavy (non-hydrogen) atoms. The summed E-state index contributed by atoms with van der Waals surface area (Å²) in [6.45, 7) is 1.84. The molecule has 0 fully saturated rings. The molecule has 0 saturated heterocycles. The lowest BCUT2D eigenvalue weighted by molar-refractivity contribution is -0.130. The Kier molecular flexibility index (Phi) is 4.05. The highest BCUT2D eigenvalue weighted by molar-refractivity contribution is 5.77. The van der Waals surface area contributed by atoms with Crippen LogP contribution in [0.5, 0.6) is 5.75 Å². The Hall–Kier alpha value is -1.84. The van der Waals surface area contributed by atoms with Gasteiger partial charge in [0.1, 0.15) is 12.0 Å². The highest BCUT2D eigenvalue weighted by atomic mass is 16.5. The smallest absolute Gasteiger partial charge is 0.259 e. The Bertz CT molecular complexity index is 399. The first-order valence-electron chi connectivity index (χ1n) is 4.93. The van der Waals surface area contributed by atoms with Gasteiger partial charge in [-0.2, -0.15) is 0 Å². The summed E-state index contributed by atoms with van der Waals surface area (Å²) in [6, 6.07) is 5.08. The van der Waals surface area contributed by atoms with E-state index in [-0.39, 0.29) is 12.5 Å². The van der Waals surface area contributed by atoms with E-state index in [1.54, 1.807) is 32.3 Å². The predicted octanol–water partition coefficient (Wildman–Crippen LogP) is 1.27. The van der Waals surface area contributed by atoms with Gasteiger partial charge in [0.05, 0.1) is 0 Å². The zero-order valence-corrected chi connectivity index (χ0v) is 9.69. The highest BCUT2D eigenvalue weighted by Crippen LogP contribution is 2.18. The minimum absolute atomic E-state index is 0.00821. The van der Waals surface area contributed by atoms with Crippen LogP contribution in [-0.2, 0) is 4.79 Å². The van der Waals surface area contributed by atoms with Crippen LogP contribution in [0.2, 0.25) is 0 Å². The van der Waals surface area contributed by atoms with Gasteiger partial charge in [-0.05, 0) is 30.7 Å². The molecule has 0 aliphatic rings. The van der Waals surface area contributed by atoms with Crippen molar-refractivity contribution in [2.75, 3.05) is 20.7 Å². The van der Waals surface area contributed by atoms with E-state index in [1.807, 2.05) is 6.92 Å². The molecule has 0 aliphatic carbocycles. The van der Waals surface area contributed by atoms with Crippen molar-refractivity contribution >= 4 is 12.2 Å². The Morgan fingerprint density at radius 3 is 2.62 bits per heavy atom. The maximum absolute atomic E-state index is 11.3. The predicted molar refractivity (Wildman–Crippen MR) is 60.8 cm³/mol. The van der Waals surface area contributed by atoms with Gasteiger partial charge in [0.25, 0.3) is 5.91 Å². The molecule has 0 spiro atoms. The number of hydrogen-bond donors (Lipinski definition) is 0. The molecule has 0 saturated carbocycles. The largest absolute Gasteiger partial charge is 0.484 e. The first kappa shape index (κ1) is 12.2. The van der Waals surface area contributed by atoms with Gasteiger partial charge in [0.15, 0.2) is 6.61 Å². The SMILES string of the molecule is Cc1cc(C=O)ccc1OCC(=O)N(C)C. The maximum atomic E-state index is 11.3. The van der Waals surface area contributed by atoms with E-state index in [2.05, 4.69) is 0 Å². The number of ether oxygens (including phenoxy) is 1. The summed E-state index contributed by atoms with van der Waals surface area (Å²) < 4.78 is 5.35. The molecule has 0 N–H and O–H groups in total. The van der Waals surface area contributed by atoms with Gasteiger partial charge in [-0.15, -0.1) is 0 Å². The number of aryl methyl sites for hydroxylation is 1. The number of hydrogen-bond acceptors (Lipinski definition) is 3. The third-order valence-corrected chi connectivity index (χ3v) is 2.19. The number of rotatable bonds is 4. The Labute approximate surface area is 94.8 Å². The molecule has 0 heterocycles. The summed E-state index contributed by atoms with van der Waals surface area (Å²) >= 11 is 0. The summed E-state index contributed by atoms with van der Waals surface area (Å²) in [5.41, 5.74) is 1.44. The van der Waals surface area contributed by atoms with Crippen molar-refractivity contribution in [3.8, 4) is 5.75 Å². The highest BCUT2D eigenvalue weighted by Gasteiger charge is 2.06. The Balaban J connectivity index is 2.68. The number of nitrogens with zero attached hydrogens (tertiary/aromatic N) is 1. The molecule has 1 rings (SSSR count). The van der Waals surface area contributed by atoms with Crippen LogP contribution in [-0.4, -0.2) is 37.8 Å². The summed E-state index contributed by atoms with van der Waals surface area (Å²) in [5, 5.41) is 0. The molecule has 0 radical (unpaired) electrons. The normalized spacial score (nSPS) is 9.69. The molecule has 4 nitrogen and oxygen atoms in total. The van der Waals surface area contributed by atoms with Crippen molar-refractivity contribution in [1.29, 1.82) is 0 Å². The Morgan fingerprint density at radius 2 is 2.12 bits per heavy atom. The van der Waals surface area contributed by atoms with Crippen molar-refractivity contribution in [3.63, 3.8) is 0 Å². The molecule has 86 valence electrons. The molecule has 1 aromatic rings. The molecule has 1 amide bonds. The molecule has 0 bridgehead atoms. The molecule has 0 atom stereocenters. The summed E-state index contributed by atoms with van der Waals surface area (Å²) in [7, 11) is 3.35. The van der Waals surface area contributed by atoms with Crippen molar-refractivity contribution < 1.29 is 14.3 Å². The zero-order valence-electron chi connectivity index (χ0n) is 9.69. The number of carbonyl (C=O) groups excluding carboxylic acids is 2. The lowest BCUT2D eigenvalue weighted by atomic mass is 10.1. The van der Waals surface area contributed by atoms with Crippen molar-refractivity contribution in [1.82, 2.24) is 4.90 Å². The number of aldehydes is 1. The molecule has 0 aromatic heterocycles. The topological polar surface area (TPSA) is 46.6 Å². The van der Waals surface area contributed by atoms with E-state index in [0.29, 0.717) is 11.3 Å². The second-order valence-corrected chi connectivity index (χ2v) is 3.72. The molecule has 0 unspecified atom stereocenters. The molecule has 0 aliphatic heterocycles. The molecule has 4 heteroatoms. The van der Waals surface area contributed by atoms with Gasteiger partial charge in [-0.3, -0.25) is 9.59 Å². The fourth-order valence-electron chi connectivity index (χ4n) is 1.18. The van der Waals surface area contributed by atoms with Gasteiger partial charge in [-0.25, -0.2) is 0 Å². The second kappa shape index (κ2) is 5.30. The fraction of sp³-hybridized carbons (Fsp3) is 0.333. The van der Waals surface area contributed by atoms with E-state index < -0.39 is 0 Å². The third kappa shape index (κ3) is 3.08. The van der Waals surface area contributed by atoms with Crippen molar-refractivity contribution in [3.05, 3.63) is 29.3 Å². The van der Waals surface area contributed by atoms with Crippen LogP contribution in [0, 0.1) is 6.92 Å². The van der Waals surface area contributed by atoms with Gasteiger partial charge >= 0.3 is 0 Å². The number of amides is 1. The van der Waals surface area contributed by atoms with Crippen LogP contribution in [0.15, 0.2) is 18.2 Å². The average Bonchev–Trinajstić information content (AvgIpc) is 2.26. The lowest BCUT2D eigenvalue weighted by Gasteiger charge is -2.12. The van der Waals surface area contributed by atoms with E-state index in [4.69, 9.17) is 4.74 Å². The minimum Gasteiger partial charge on any atom is -0.484 e. The number of carbonyl (C=O) groups is 2. The van der Waals surface area contributed by atoms with Crippen LogP contribution in [0.1, 0.15) is 15.9 Å². The monoisotopic (exact) mass is 221 g/mol. The van der Waals surface area contributed by atoms with E-state index in [1.165, 1.54) is 4.90 Å². The van der Waals surface area contributed by atoms with E-state index >= 15 is 0 Å². The standard InChI is InChI=1S/C12H15NO3/c1-9-6-10(7-14)4-5-11(9)16-8-12(15)13(2)3/h4-7H,8H2,1-3H3. The Morgan fingerprint density at radius 1 is 1.44 bits per heavy atom. The van der Waals surface area contributed by atoms with Crippen molar-refractivity contribution in [2.24, 2.45) is 0 Å². The van der Waals surface area contributed by atoms with Crippen molar-refractivity contribution in [2.45, 2.75) is 6.92 Å². The maximum Gasteiger partial charge on any atom is 0.259 e. The summed E-state index contributed by atoms with van der Waals surface area (Å²) in [5.74, 6) is 0.527. The summed E-state index contributed by atoms with van der Waals surface area (Å²) in [6.07, 6.45) is 0.780. The molecule has 1 aromatic carbocycles. The van der Waals surface area contributed by atoms with Gasteiger partial charge in [0.2, 0.25) is 0 Å².